The Labute approximate surface area is 138 Å². The van der Waals surface area contributed by atoms with E-state index in [9.17, 15) is 9.59 Å². The number of hydrogen-bond acceptors (Lipinski definition) is 4. The van der Waals surface area contributed by atoms with Gasteiger partial charge in [-0.25, -0.2) is 0 Å². The fourth-order valence-corrected chi connectivity index (χ4v) is 1.99. The van der Waals surface area contributed by atoms with Crippen LogP contribution >= 0.6 is 0 Å². The molecule has 0 saturated heterocycles. The fourth-order valence-electron chi connectivity index (χ4n) is 1.99. The van der Waals surface area contributed by atoms with Crippen molar-refractivity contribution in [1.82, 2.24) is 4.90 Å². The van der Waals surface area contributed by atoms with Gasteiger partial charge in [0.05, 0.1) is 7.11 Å². The first-order chi connectivity index (χ1) is 10.7. The Balaban J connectivity index is 2.39. The molecule has 0 radical (unpaired) electrons. The molecule has 5 heteroatoms. The summed E-state index contributed by atoms with van der Waals surface area (Å²) in [5.74, 6) is 0.296. The SMILES string of the molecule is COC(=O)CCCN(C)C(=O)COc1ccc(C(C)(C)C)cc1. The highest BCUT2D eigenvalue weighted by Crippen LogP contribution is 2.24. The molecule has 1 aromatic carbocycles. The first-order valence-electron chi connectivity index (χ1n) is 7.78. The lowest BCUT2D eigenvalue weighted by molar-refractivity contribution is -0.141. The van der Waals surface area contributed by atoms with E-state index in [1.807, 2.05) is 24.3 Å². The second-order valence-electron chi connectivity index (χ2n) is 6.56. The van der Waals surface area contributed by atoms with Gasteiger partial charge in [0.15, 0.2) is 6.61 Å². The molecule has 0 aliphatic heterocycles. The van der Waals surface area contributed by atoms with Crippen LogP contribution in [-0.2, 0) is 19.7 Å². The molecular weight excluding hydrogens is 294 g/mol. The number of rotatable bonds is 7. The monoisotopic (exact) mass is 321 g/mol. The first-order valence-corrected chi connectivity index (χ1v) is 7.78. The molecule has 0 aromatic heterocycles. The Kier molecular flexibility index (Phi) is 7.07. The molecule has 23 heavy (non-hydrogen) atoms. The summed E-state index contributed by atoms with van der Waals surface area (Å²) in [7, 11) is 3.06. The summed E-state index contributed by atoms with van der Waals surface area (Å²) in [6.07, 6.45) is 0.887. The van der Waals surface area contributed by atoms with Crippen LogP contribution in [0.3, 0.4) is 0 Å². The van der Waals surface area contributed by atoms with Crippen molar-refractivity contribution in [2.24, 2.45) is 0 Å². The molecule has 0 unspecified atom stereocenters. The van der Waals surface area contributed by atoms with Crippen molar-refractivity contribution in [2.75, 3.05) is 27.3 Å². The van der Waals surface area contributed by atoms with Crippen LogP contribution in [0.15, 0.2) is 24.3 Å². The minimum absolute atomic E-state index is 0.0103. The number of carbonyl (C=O) groups excluding carboxylic acids is 2. The van der Waals surface area contributed by atoms with Gasteiger partial charge in [-0.05, 0) is 29.5 Å². The highest BCUT2D eigenvalue weighted by Gasteiger charge is 2.14. The van der Waals surface area contributed by atoms with Crippen LogP contribution in [0, 0.1) is 0 Å². The standard InChI is InChI=1S/C18H27NO4/c1-18(2,3)14-8-10-15(11-9-14)23-13-16(20)19(4)12-6-7-17(21)22-5/h8-11H,6-7,12-13H2,1-5H3. The number of hydrogen-bond donors (Lipinski definition) is 0. The largest absolute Gasteiger partial charge is 0.484 e. The van der Waals surface area contributed by atoms with E-state index in [1.165, 1.54) is 12.7 Å². The molecule has 0 heterocycles. The second-order valence-corrected chi connectivity index (χ2v) is 6.56. The van der Waals surface area contributed by atoms with Gasteiger partial charge in [-0.2, -0.15) is 0 Å². The van der Waals surface area contributed by atoms with E-state index in [-0.39, 0.29) is 23.9 Å². The van der Waals surface area contributed by atoms with Gasteiger partial charge in [-0.15, -0.1) is 0 Å². The van der Waals surface area contributed by atoms with Gasteiger partial charge in [-0.1, -0.05) is 32.9 Å². The van der Waals surface area contributed by atoms with Gasteiger partial charge in [0, 0.05) is 20.0 Å². The maximum atomic E-state index is 12.0. The van der Waals surface area contributed by atoms with E-state index >= 15 is 0 Å². The van der Waals surface area contributed by atoms with Crippen molar-refractivity contribution in [3.05, 3.63) is 29.8 Å². The third-order valence-electron chi connectivity index (χ3n) is 3.61. The number of carbonyl (C=O) groups is 2. The Morgan fingerprint density at radius 2 is 1.74 bits per heavy atom. The lowest BCUT2D eigenvalue weighted by Crippen LogP contribution is -2.32. The van der Waals surface area contributed by atoms with Crippen LogP contribution in [0.5, 0.6) is 5.75 Å². The first kappa shape index (κ1) is 19.0. The zero-order valence-corrected chi connectivity index (χ0v) is 14.7. The maximum Gasteiger partial charge on any atom is 0.305 e. The quantitative estimate of drug-likeness (QED) is 0.725. The molecule has 0 N–H and O–H groups in total. The summed E-state index contributed by atoms with van der Waals surface area (Å²) in [6.45, 7) is 6.94. The second kappa shape index (κ2) is 8.56. The normalized spacial score (nSPS) is 11.0. The summed E-state index contributed by atoms with van der Waals surface area (Å²) < 4.78 is 10.1. The molecule has 0 spiro atoms. The zero-order valence-electron chi connectivity index (χ0n) is 14.7. The number of amides is 1. The van der Waals surface area contributed by atoms with Crippen LogP contribution in [0.25, 0.3) is 0 Å². The molecule has 128 valence electrons. The van der Waals surface area contributed by atoms with Crippen LogP contribution in [-0.4, -0.2) is 44.1 Å². The van der Waals surface area contributed by atoms with E-state index in [0.29, 0.717) is 25.1 Å². The van der Waals surface area contributed by atoms with E-state index < -0.39 is 0 Å². The third-order valence-corrected chi connectivity index (χ3v) is 3.61. The minimum atomic E-state index is -0.263. The molecule has 5 nitrogen and oxygen atoms in total. The van der Waals surface area contributed by atoms with Gasteiger partial charge in [0.1, 0.15) is 5.75 Å². The fraction of sp³-hybridized carbons (Fsp3) is 0.556. The van der Waals surface area contributed by atoms with Gasteiger partial charge in [-0.3, -0.25) is 9.59 Å². The molecule has 0 atom stereocenters. The van der Waals surface area contributed by atoms with E-state index in [4.69, 9.17) is 4.74 Å². The lowest BCUT2D eigenvalue weighted by Gasteiger charge is -2.20. The van der Waals surface area contributed by atoms with Crippen molar-refractivity contribution in [1.29, 1.82) is 0 Å². The average Bonchev–Trinajstić information content (AvgIpc) is 2.51. The molecule has 0 aliphatic rings. The zero-order chi connectivity index (χ0) is 17.5. The van der Waals surface area contributed by atoms with Crippen molar-refractivity contribution < 1.29 is 19.1 Å². The Hall–Kier alpha value is -2.04. The molecule has 0 saturated carbocycles. The molecule has 0 fully saturated rings. The molecule has 0 bridgehead atoms. The van der Waals surface area contributed by atoms with Crippen molar-refractivity contribution >= 4 is 11.9 Å². The molecule has 1 amide bonds. The topological polar surface area (TPSA) is 55.8 Å². The molecule has 0 aliphatic carbocycles. The van der Waals surface area contributed by atoms with Crippen molar-refractivity contribution in [3.8, 4) is 5.75 Å². The van der Waals surface area contributed by atoms with Crippen LogP contribution in [0.4, 0.5) is 0 Å². The Bertz CT molecular complexity index is 517. The van der Waals surface area contributed by atoms with E-state index in [2.05, 4.69) is 25.5 Å². The van der Waals surface area contributed by atoms with Crippen molar-refractivity contribution in [3.63, 3.8) is 0 Å². The van der Waals surface area contributed by atoms with Crippen LogP contribution in [0.2, 0.25) is 0 Å². The van der Waals surface area contributed by atoms with Gasteiger partial charge < -0.3 is 14.4 Å². The highest BCUT2D eigenvalue weighted by molar-refractivity contribution is 5.77. The smallest absolute Gasteiger partial charge is 0.305 e. The van der Waals surface area contributed by atoms with Crippen LogP contribution < -0.4 is 4.74 Å². The minimum Gasteiger partial charge on any atom is -0.484 e. The summed E-state index contributed by atoms with van der Waals surface area (Å²) in [5.41, 5.74) is 1.31. The number of nitrogens with zero attached hydrogens (tertiary/aromatic N) is 1. The van der Waals surface area contributed by atoms with Crippen LogP contribution in [0.1, 0.15) is 39.2 Å². The maximum absolute atomic E-state index is 12.0. The number of benzene rings is 1. The molecule has 1 rings (SSSR count). The lowest BCUT2D eigenvalue weighted by atomic mass is 9.87. The van der Waals surface area contributed by atoms with E-state index in [1.54, 1.807) is 11.9 Å². The summed E-state index contributed by atoms with van der Waals surface area (Å²) in [4.78, 5) is 24.6. The average molecular weight is 321 g/mol. The number of ether oxygens (including phenoxy) is 2. The number of likely N-dealkylation sites (N-methyl/N-ethyl adjacent to an activating group) is 1. The summed E-state index contributed by atoms with van der Waals surface area (Å²) >= 11 is 0. The third kappa shape index (κ3) is 6.72. The molecule has 1 aromatic rings. The van der Waals surface area contributed by atoms with Gasteiger partial charge in [0.2, 0.25) is 0 Å². The number of methoxy groups -OCH3 is 1. The predicted molar refractivity (Wildman–Crippen MR) is 89.5 cm³/mol. The summed E-state index contributed by atoms with van der Waals surface area (Å²) in [5, 5.41) is 0. The molecular formula is C18H27NO4. The highest BCUT2D eigenvalue weighted by atomic mass is 16.5. The Morgan fingerprint density at radius 1 is 1.13 bits per heavy atom. The summed E-state index contributed by atoms with van der Waals surface area (Å²) in [6, 6.07) is 7.79. The van der Waals surface area contributed by atoms with Gasteiger partial charge in [0.25, 0.3) is 5.91 Å². The van der Waals surface area contributed by atoms with Crippen molar-refractivity contribution in [2.45, 2.75) is 39.0 Å². The van der Waals surface area contributed by atoms with E-state index in [0.717, 1.165) is 0 Å². The van der Waals surface area contributed by atoms with Gasteiger partial charge >= 0.3 is 5.97 Å². The Morgan fingerprint density at radius 3 is 2.26 bits per heavy atom. The number of esters is 1. The predicted octanol–water partition coefficient (Wildman–Crippen LogP) is 2.77.